The van der Waals surface area contributed by atoms with E-state index in [1.54, 1.807) is 0 Å². The molecule has 6 heteroatoms. The maximum Gasteiger partial charge on any atom is 0.271 e. The van der Waals surface area contributed by atoms with Crippen molar-refractivity contribution in [3.63, 3.8) is 0 Å². The number of rotatable bonds is 5. The molecule has 1 aromatic carbocycles. The fourth-order valence-electron chi connectivity index (χ4n) is 1.84. The summed E-state index contributed by atoms with van der Waals surface area (Å²) in [5, 5.41) is 4.30. The van der Waals surface area contributed by atoms with Crippen LogP contribution in [0.1, 0.15) is 23.9 Å². The summed E-state index contributed by atoms with van der Waals surface area (Å²) in [6, 6.07) is 8.11. The van der Waals surface area contributed by atoms with Crippen LogP contribution in [0.25, 0.3) is 6.08 Å². The van der Waals surface area contributed by atoms with Crippen LogP contribution in [0.4, 0.5) is 5.95 Å². The minimum absolute atomic E-state index is 0.0415. The number of nitrogens with zero attached hydrogens (tertiary/aromatic N) is 4. The van der Waals surface area contributed by atoms with Crippen molar-refractivity contribution < 1.29 is 0 Å². The molecule has 0 atom stereocenters. The van der Waals surface area contributed by atoms with Gasteiger partial charge in [-0.05, 0) is 11.1 Å². The molecule has 104 valence electrons. The molecule has 0 aliphatic rings. The zero-order valence-corrected chi connectivity index (χ0v) is 11.5. The summed E-state index contributed by atoms with van der Waals surface area (Å²) in [7, 11) is 0. The fraction of sp³-hybridized carbons (Fsp3) is 0.214. The molecule has 0 bridgehead atoms. The summed E-state index contributed by atoms with van der Waals surface area (Å²) in [5.74, 6) is 1.10. The van der Waals surface area contributed by atoms with Crippen molar-refractivity contribution >= 4 is 18.0 Å². The van der Waals surface area contributed by atoms with Crippen LogP contribution >= 0.6 is 0 Å². The van der Waals surface area contributed by atoms with E-state index in [0.29, 0.717) is 12.5 Å². The number of aromatic nitrogens is 3. The van der Waals surface area contributed by atoms with Gasteiger partial charge in [0.1, 0.15) is 5.82 Å². The van der Waals surface area contributed by atoms with E-state index < -0.39 is 0 Å². The second-order valence-electron chi connectivity index (χ2n) is 4.32. The van der Waals surface area contributed by atoms with Crippen LogP contribution in [-0.2, 0) is 13.0 Å². The van der Waals surface area contributed by atoms with Gasteiger partial charge >= 0.3 is 0 Å². The lowest BCUT2D eigenvalue weighted by Crippen LogP contribution is -2.22. The molecule has 0 spiro atoms. The minimum atomic E-state index is -0.0415. The zero-order valence-electron chi connectivity index (χ0n) is 11.5. The molecule has 6 nitrogen and oxygen atoms in total. The summed E-state index contributed by atoms with van der Waals surface area (Å²) in [6.45, 7) is 6.38. The normalized spacial score (nSPS) is 10.2. The molecule has 1 aromatic heterocycles. The highest BCUT2D eigenvalue weighted by molar-refractivity contribution is 5.77. The van der Waals surface area contributed by atoms with Crippen molar-refractivity contribution in [2.45, 2.75) is 19.9 Å². The van der Waals surface area contributed by atoms with Gasteiger partial charge in [0, 0.05) is 6.42 Å². The Kier molecular flexibility index (Phi) is 4.14. The van der Waals surface area contributed by atoms with Gasteiger partial charge in [-0.15, -0.1) is 5.10 Å². The smallest absolute Gasteiger partial charge is 0.271 e. The molecule has 4 N–H and O–H groups in total. The Morgan fingerprint density at radius 2 is 2.05 bits per heavy atom. The number of hydrogen-bond acceptors (Lipinski definition) is 3. The minimum Gasteiger partial charge on any atom is -0.370 e. The van der Waals surface area contributed by atoms with Gasteiger partial charge in [0.25, 0.3) is 5.95 Å². The summed E-state index contributed by atoms with van der Waals surface area (Å²) in [5.41, 5.74) is 12.9. The predicted molar refractivity (Wildman–Crippen MR) is 80.5 cm³/mol. The molecule has 0 fully saturated rings. The molecule has 20 heavy (non-hydrogen) atoms. The van der Waals surface area contributed by atoms with Crippen LogP contribution in [0.3, 0.4) is 0 Å². The van der Waals surface area contributed by atoms with Crippen molar-refractivity contribution in [2.24, 2.45) is 16.5 Å². The first-order valence-corrected chi connectivity index (χ1v) is 6.37. The first-order valence-electron chi connectivity index (χ1n) is 6.37. The molecule has 0 radical (unpaired) electrons. The zero-order chi connectivity index (χ0) is 14.5. The monoisotopic (exact) mass is 270 g/mol. The highest BCUT2D eigenvalue weighted by Crippen LogP contribution is 2.12. The van der Waals surface area contributed by atoms with E-state index in [1.807, 2.05) is 41.9 Å². The summed E-state index contributed by atoms with van der Waals surface area (Å²) in [4.78, 5) is 8.16. The second-order valence-corrected chi connectivity index (χ2v) is 4.32. The standard InChI is InChI=1S/C14H18N6/c1-3-10-5-7-11(8-6-10)9-20-12(4-2)17-14(19-20)18-13(15)16/h3,5-8H,1,4,9H2,2H3,(H4,15,16,18,19). The van der Waals surface area contributed by atoms with Gasteiger partial charge in [-0.2, -0.15) is 9.98 Å². The Morgan fingerprint density at radius 1 is 1.35 bits per heavy atom. The van der Waals surface area contributed by atoms with Crippen molar-refractivity contribution in [1.29, 1.82) is 0 Å². The molecule has 2 rings (SSSR count). The molecular weight excluding hydrogens is 252 g/mol. The number of aliphatic imine (C=N–C) groups is 1. The molecule has 2 aromatic rings. The van der Waals surface area contributed by atoms with Gasteiger partial charge in [0.2, 0.25) is 0 Å². The Bertz CT molecular complexity index is 620. The Hall–Kier alpha value is -2.63. The van der Waals surface area contributed by atoms with Gasteiger partial charge < -0.3 is 11.5 Å². The molecule has 0 aliphatic carbocycles. The number of guanidine groups is 1. The number of hydrogen-bond donors (Lipinski definition) is 2. The molecular formula is C14H18N6. The quantitative estimate of drug-likeness (QED) is 0.634. The Morgan fingerprint density at radius 3 is 2.60 bits per heavy atom. The lowest BCUT2D eigenvalue weighted by atomic mass is 10.1. The Balaban J connectivity index is 2.25. The van der Waals surface area contributed by atoms with E-state index in [4.69, 9.17) is 11.5 Å². The van der Waals surface area contributed by atoms with Crippen LogP contribution < -0.4 is 11.5 Å². The first kappa shape index (κ1) is 13.8. The first-order chi connectivity index (χ1) is 9.62. The third-order valence-electron chi connectivity index (χ3n) is 2.83. The largest absolute Gasteiger partial charge is 0.370 e. The van der Waals surface area contributed by atoms with Crippen LogP contribution in [0, 0.1) is 0 Å². The summed E-state index contributed by atoms with van der Waals surface area (Å²) in [6.07, 6.45) is 2.57. The second kappa shape index (κ2) is 6.01. The van der Waals surface area contributed by atoms with Crippen LogP contribution in [0.15, 0.2) is 35.8 Å². The van der Waals surface area contributed by atoms with Crippen LogP contribution in [0.2, 0.25) is 0 Å². The van der Waals surface area contributed by atoms with Gasteiger partial charge in [0.15, 0.2) is 5.96 Å². The third kappa shape index (κ3) is 3.23. The average Bonchev–Trinajstić information content (AvgIpc) is 2.80. The molecule has 1 heterocycles. The van der Waals surface area contributed by atoms with Gasteiger partial charge in [-0.25, -0.2) is 4.68 Å². The van der Waals surface area contributed by atoms with Gasteiger partial charge in [-0.1, -0.05) is 43.8 Å². The van der Waals surface area contributed by atoms with Crippen molar-refractivity contribution in [1.82, 2.24) is 14.8 Å². The third-order valence-corrected chi connectivity index (χ3v) is 2.83. The molecule has 0 saturated carbocycles. The van der Waals surface area contributed by atoms with Crippen molar-refractivity contribution in [2.75, 3.05) is 0 Å². The van der Waals surface area contributed by atoms with Gasteiger partial charge in [-0.3, -0.25) is 0 Å². The van der Waals surface area contributed by atoms with E-state index in [9.17, 15) is 0 Å². The fourth-order valence-corrected chi connectivity index (χ4v) is 1.84. The highest BCUT2D eigenvalue weighted by Gasteiger charge is 2.08. The number of benzene rings is 1. The summed E-state index contributed by atoms with van der Waals surface area (Å²) < 4.78 is 1.81. The topological polar surface area (TPSA) is 95.1 Å². The Labute approximate surface area is 117 Å². The lowest BCUT2D eigenvalue weighted by molar-refractivity contribution is 0.644. The van der Waals surface area contributed by atoms with E-state index in [2.05, 4.69) is 21.7 Å². The van der Waals surface area contributed by atoms with Crippen molar-refractivity contribution in [3.8, 4) is 0 Å². The maximum atomic E-state index is 5.34. The van der Waals surface area contributed by atoms with E-state index in [-0.39, 0.29) is 5.96 Å². The van der Waals surface area contributed by atoms with Crippen LogP contribution in [-0.4, -0.2) is 20.7 Å². The molecule has 0 saturated heterocycles. The van der Waals surface area contributed by atoms with Crippen LogP contribution in [0.5, 0.6) is 0 Å². The lowest BCUT2D eigenvalue weighted by Gasteiger charge is -2.04. The predicted octanol–water partition coefficient (Wildman–Crippen LogP) is 1.44. The van der Waals surface area contributed by atoms with Gasteiger partial charge in [0.05, 0.1) is 6.54 Å². The number of nitrogens with two attached hydrogens (primary N) is 2. The average molecular weight is 270 g/mol. The highest BCUT2D eigenvalue weighted by atomic mass is 15.4. The van der Waals surface area contributed by atoms with E-state index in [0.717, 1.165) is 23.4 Å². The molecule has 0 unspecified atom stereocenters. The van der Waals surface area contributed by atoms with E-state index >= 15 is 0 Å². The maximum absolute atomic E-state index is 5.34. The summed E-state index contributed by atoms with van der Waals surface area (Å²) >= 11 is 0. The SMILES string of the molecule is C=Cc1ccc(Cn2nc(N=C(N)N)nc2CC)cc1. The molecule has 0 amide bonds. The van der Waals surface area contributed by atoms with Crippen molar-refractivity contribution in [3.05, 3.63) is 47.8 Å². The molecule has 0 aliphatic heterocycles. The van der Waals surface area contributed by atoms with E-state index in [1.165, 1.54) is 0 Å². The number of aryl methyl sites for hydroxylation is 1.